The van der Waals surface area contributed by atoms with Crippen molar-refractivity contribution in [3.8, 4) is 11.5 Å². The Bertz CT molecular complexity index is 1050. The third-order valence-electron chi connectivity index (χ3n) is 6.51. The molecule has 0 radical (unpaired) electrons. The highest BCUT2D eigenvalue weighted by molar-refractivity contribution is 5.78. The maximum absolute atomic E-state index is 6.05. The van der Waals surface area contributed by atoms with Crippen molar-refractivity contribution < 1.29 is 9.47 Å². The van der Waals surface area contributed by atoms with Crippen molar-refractivity contribution in [3.05, 3.63) is 24.5 Å². The lowest BCUT2D eigenvalue weighted by Gasteiger charge is -2.44. The van der Waals surface area contributed by atoms with E-state index < -0.39 is 0 Å². The summed E-state index contributed by atoms with van der Waals surface area (Å²) in [6.45, 7) is 8.47. The van der Waals surface area contributed by atoms with E-state index in [9.17, 15) is 0 Å². The Kier molecular flexibility index (Phi) is 4.04. The molecule has 3 fully saturated rings. The van der Waals surface area contributed by atoms with Crippen LogP contribution in [0, 0.1) is 0 Å². The van der Waals surface area contributed by atoms with E-state index in [1.54, 1.807) is 6.20 Å². The number of morpholine rings is 2. The second-order valence-corrected chi connectivity index (χ2v) is 9.12. The summed E-state index contributed by atoms with van der Waals surface area (Å²) in [4.78, 5) is 9.51. The number of hydrogen-bond acceptors (Lipinski definition) is 7. The first-order chi connectivity index (χ1) is 14.6. The summed E-state index contributed by atoms with van der Waals surface area (Å²) in [5.74, 6) is 1.74. The van der Waals surface area contributed by atoms with Crippen molar-refractivity contribution in [2.24, 2.45) is 0 Å². The molecule has 158 valence electrons. The first kappa shape index (κ1) is 18.1. The zero-order valence-electron chi connectivity index (χ0n) is 17.4. The second-order valence-electron chi connectivity index (χ2n) is 9.12. The lowest BCUT2D eigenvalue weighted by Crippen LogP contribution is -2.53. The predicted molar refractivity (Wildman–Crippen MR) is 113 cm³/mol. The molecule has 9 heteroatoms. The molecule has 2 unspecified atom stereocenters. The Morgan fingerprint density at radius 2 is 2.03 bits per heavy atom. The summed E-state index contributed by atoms with van der Waals surface area (Å²) in [7, 11) is 0. The SMILES string of the molecule is CC1(C)COCCN1c1cc(N2CC3CCC(C2)O3)nn2c(-c3ccn[nH]3)ncc12. The molecule has 3 aromatic heterocycles. The number of rotatable bonds is 3. The summed E-state index contributed by atoms with van der Waals surface area (Å²) in [5.41, 5.74) is 2.88. The van der Waals surface area contributed by atoms with E-state index in [0.717, 1.165) is 67.6 Å². The van der Waals surface area contributed by atoms with Gasteiger partial charge in [-0.15, -0.1) is 5.10 Å². The van der Waals surface area contributed by atoms with Crippen molar-refractivity contribution >= 4 is 17.0 Å². The van der Waals surface area contributed by atoms with Gasteiger partial charge in [0.15, 0.2) is 11.6 Å². The topological polar surface area (TPSA) is 83.8 Å². The highest BCUT2D eigenvalue weighted by Gasteiger charge is 2.36. The second kappa shape index (κ2) is 6.68. The molecule has 1 N–H and O–H groups in total. The van der Waals surface area contributed by atoms with E-state index in [4.69, 9.17) is 19.6 Å². The Labute approximate surface area is 175 Å². The Balaban J connectivity index is 1.51. The number of aromatic amines is 1. The standard InChI is InChI=1S/C21H27N7O2/c1-21(2)13-29-8-7-27(21)17-9-19(26-11-14-3-4-15(12-26)30-14)25-28-18(17)10-22-20(28)16-5-6-23-24-16/h5-6,9-10,14-15H,3-4,7-8,11-13H2,1-2H3,(H,23,24). The molecule has 3 saturated heterocycles. The van der Waals surface area contributed by atoms with Gasteiger partial charge in [0, 0.05) is 31.9 Å². The molecule has 0 amide bonds. The number of H-pyrrole nitrogens is 1. The minimum atomic E-state index is -0.111. The van der Waals surface area contributed by atoms with Gasteiger partial charge in [-0.25, -0.2) is 9.50 Å². The van der Waals surface area contributed by atoms with Gasteiger partial charge in [0.2, 0.25) is 0 Å². The zero-order chi connectivity index (χ0) is 20.3. The van der Waals surface area contributed by atoms with E-state index in [1.807, 2.05) is 16.8 Å². The fourth-order valence-electron chi connectivity index (χ4n) is 4.99. The molecule has 3 aliphatic heterocycles. The molecule has 30 heavy (non-hydrogen) atoms. The smallest absolute Gasteiger partial charge is 0.179 e. The van der Waals surface area contributed by atoms with Crippen molar-refractivity contribution in [2.75, 3.05) is 42.6 Å². The number of hydrogen-bond donors (Lipinski definition) is 1. The molecule has 2 bridgehead atoms. The monoisotopic (exact) mass is 409 g/mol. The van der Waals surface area contributed by atoms with Crippen LogP contribution in [0.15, 0.2) is 24.5 Å². The van der Waals surface area contributed by atoms with Gasteiger partial charge in [0.05, 0.1) is 42.8 Å². The maximum atomic E-state index is 6.05. The lowest BCUT2D eigenvalue weighted by molar-refractivity contribution is 0.0301. The van der Waals surface area contributed by atoms with Crippen LogP contribution in [-0.4, -0.2) is 75.4 Å². The molecule has 0 spiro atoms. The summed E-state index contributed by atoms with van der Waals surface area (Å²) < 4.78 is 13.8. The molecule has 3 aromatic rings. The van der Waals surface area contributed by atoms with Gasteiger partial charge in [-0.05, 0) is 32.8 Å². The van der Waals surface area contributed by atoms with Gasteiger partial charge < -0.3 is 19.3 Å². The minimum Gasteiger partial charge on any atom is -0.377 e. The van der Waals surface area contributed by atoms with Gasteiger partial charge in [0.25, 0.3) is 0 Å². The Morgan fingerprint density at radius 3 is 2.77 bits per heavy atom. The van der Waals surface area contributed by atoms with Crippen LogP contribution in [0.2, 0.25) is 0 Å². The Morgan fingerprint density at radius 1 is 1.20 bits per heavy atom. The number of ether oxygens (including phenoxy) is 2. The number of fused-ring (bicyclic) bond motifs is 3. The normalized spacial score (nSPS) is 25.9. The van der Waals surface area contributed by atoms with Crippen molar-refractivity contribution in [1.82, 2.24) is 24.8 Å². The quantitative estimate of drug-likeness (QED) is 0.709. The first-order valence-electron chi connectivity index (χ1n) is 10.7. The molecular weight excluding hydrogens is 382 g/mol. The minimum absolute atomic E-state index is 0.111. The number of nitrogens with zero attached hydrogens (tertiary/aromatic N) is 6. The van der Waals surface area contributed by atoms with E-state index in [0.29, 0.717) is 18.8 Å². The predicted octanol–water partition coefficient (Wildman–Crippen LogP) is 2.10. The van der Waals surface area contributed by atoms with Crippen LogP contribution in [0.3, 0.4) is 0 Å². The van der Waals surface area contributed by atoms with Crippen molar-refractivity contribution in [1.29, 1.82) is 0 Å². The molecule has 0 aliphatic carbocycles. The van der Waals surface area contributed by atoms with Gasteiger partial charge in [-0.1, -0.05) is 0 Å². The summed E-state index contributed by atoms with van der Waals surface area (Å²) in [6.07, 6.45) is 6.54. The average molecular weight is 409 g/mol. The molecule has 6 rings (SSSR count). The highest BCUT2D eigenvalue weighted by atomic mass is 16.5. The summed E-state index contributed by atoms with van der Waals surface area (Å²) >= 11 is 0. The third kappa shape index (κ3) is 2.87. The van der Waals surface area contributed by atoms with Crippen LogP contribution in [0.4, 0.5) is 11.5 Å². The highest BCUT2D eigenvalue weighted by Crippen LogP contribution is 2.36. The molecular formula is C21H27N7O2. The fraction of sp³-hybridized carbons (Fsp3) is 0.571. The van der Waals surface area contributed by atoms with Gasteiger partial charge >= 0.3 is 0 Å². The third-order valence-corrected chi connectivity index (χ3v) is 6.51. The van der Waals surface area contributed by atoms with E-state index in [-0.39, 0.29) is 5.54 Å². The number of anilines is 2. The fourth-order valence-corrected chi connectivity index (χ4v) is 4.99. The van der Waals surface area contributed by atoms with Crippen LogP contribution in [0.5, 0.6) is 0 Å². The molecule has 0 saturated carbocycles. The molecule has 6 heterocycles. The van der Waals surface area contributed by atoms with Gasteiger partial charge in [0.1, 0.15) is 11.2 Å². The molecule has 2 atom stereocenters. The maximum Gasteiger partial charge on any atom is 0.179 e. The van der Waals surface area contributed by atoms with Gasteiger partial charge in [-0.3, -0.25) is 5.10 Å². The molecule has 9 nitrogen and oxygen atoms in total. The van der Waals surface area contributed by atoms with Crippen LogP contribution >= 0.6 is 0 Å². The van der Waals surface area contributed by atoms with Crippen molar-refractivity contribution in [3.63, 3.8) is 0 Å². The largest absolute Gasteiger partial charge is 0.377 e. The van der Waals surface area contributed by atoms with E-state index in [1.165, 1.54) is 0 Å². The number of aromatic nitrogens is 5. The van der Waals surface area contributed by atoms with E-state index in [2.05, 4.69) is 39.9 Å². The molecule has 0 aromatic carbocycles. The lowest BCUT2D eigenvalue weighted by atomic mass is 10.0. The first-order valence-corrected chi connectivity index (χ1v) is 10.7. The van der Waals surface area contributed by atoms with Gasteiger partial charge in [-0.2, -0.15) is 5.10 Å². The average Bonchev–Trinajstić information content (AvgIpc) is 3.47. The van der Waals surface area contributed by atoms with Crippen LogP contribution in [-0.2, 0) is 9.47 Å². The van der Waals surface area contributed by atoms with Crippen LogP contribution < -0.4 is 9.80 Å². The number of nitrogens with one attached hydrogen (secondary N) is 1. The summed E-state index contributed by atoms with van der Waals surface area (Å²) in [6, 6.07) is 4.15. The van der Waals surface area contributed by atoms with E-state index >= 15 is 0 Å². The van der Waals surface area contributed by atoms with Crippen LogP contribution in [0.1, 0.15) is 26.7 Å². The molecule has 3 aliphatic rings. The Hall–Kier alpha value is -2.65. The number of imidazole rings is 1. The zero-order valence-corrected chi connectivity index (χ0v) is 17.4. The summed E-state index contributed by atoms with van der Waals surface area (Å²) in [5, 5.41) is 12.2. The van der Waals surface area contributed by atoms with Crippen LogP contribution in [0.25, 0.3) is 17.0 Å². The van der Waals surface area contributed by atoms with Crippen molar-refractivity contribution in [2.45, 2.75) is 44.4 Å².